The molecule has 0 unspecified atom stereocenters. The van der Waals surface area contributed by atoms with Crippen molar-refractivity contribution in [1.82, 2.24) is 0 Å². The average Bonchev–Trinajstić information content (AvgIpc) is 2.75. The van der Waals surface area contributed by atoms with Crippen molar-refractivity contribution in [2.24, 2.45) is 0 Å². The minimum absolute atomic E-state index is 0.196. The van der Waals surface area contributed by atoms with Crippen molar-refractivity contribution in [2.45, 2.75) is 117 Å². The molecular formula is C26H47O4. The molecule has 0 bridgehead atoms. The summed E-state index contributed by atoms with van der Waals surface area (Å²) in [5.41, 5.74) is 0. The van der Waals surface area contributed by atoms with E-state index in [1.165, 1.54) is 12.8 Å². The first-order valence-electron chi connectivity index (χ1n) is 12.3. The number of unbranched alkanes of at least 4 members (excludes halogenated alkanes) is 7. The minimum atomic E-state index is -0.324. The molecule has 0 heterocycles. The zero-order valence-electron chi connectivity index (χ0n) is 19.9. The van der Waals surface area contributed by atoms with E-state index in [9.17, 15) is 4.79 Å². The first-order valence-corrected chi connectivity index (χ1v) is 12.3. The molecule has 0 aromatic heterocycles. The molecule has 0 aromatic rings. The summed E-state index contributed by atoms with van der Waals surface area (Å²) in [6.07, 6.45) is 22.2. The Morgan fingerprint density at radius 3 is 1.83 bits per heavy atom. The van der Waals surface area contributed by atoms with E-state index >= 15 is 0 Å². The van der Waals surface area contributed by atoms with Gasteiger partial charge in [0.25, 0.3) is 0 Å². The van der Waals surface area contributed by atoms with Crippen molar-refractivity contribution in [1.29, 1.82) is 0 Å². The second-order valence-electron chi connectivity index (χ2n) is 7.61. The minimum Gasteiger partial charge on any atom is -0.458 e. The molecule has 0 saturated heterocycles. The van der Waals surface area contributed by atoms with E-state index in [2.05, 4.69) is 45.1 Å². The highest BCUT2D eigenvalue weighted by molar-refractivity contribution is 5.69. The summed E-state index contributed by atoms with van der Waals surface area (Å²) in [6, 6.07) is 0. The van der Waals surface area contributed by atoms with Crippen LogP contribution in [0.15, 0.2) is 24.3 Å². The zero-order chi connectivity index (χ0) is 22.1. The molecule has 1 radical (unpaired) electrons. The van der Waals surface area contributed by atoms with E-state index in [1.807, 2.05) is 0 Å². The quantitative estimate of drug-likeness (QED) is 0.0775. The Bertz CT molecular complexity index is 393. The van der Waals surface area contributed by atoms with E-state index in [4.69, 9.17) is 14.2 Å². The lowest BCUT2D eigenvalue weighted by Gasteiger charge is -2.18. The lowest BCUT2D eigenvalue weighted by molar-refractivity contribution is -0.157. The lowest BCUT2D eigenvalue weighted by atomic mass is 10.2. The number of allylic oxidation sites excluding steroid dienone is 4. The molecule has 0 atom stereocenters. The second-order valence-corrected chi connectivity index (χ2v) is 7.61. The third-order valence-electron chi connectivity index (χ3n) is 4.67. The number of hydrogen-bond acceptors (Lipinski definition) is 4. The predicted octanol–water partition coefficient (Wildman–Crippen LogP) is 7.68. The molecule has 0 fully saturated rings. The van der Waals surface area contributed by atoms with Gasteiger partial charge >= 0.3 is 5.97 Å². The highest BCUT2D eigenvalue weighted by Crippen LogP contribution is 2.11. The highest BCUT2D eigenvalue weighted by atomic mass is 16.7. The largest absolute Gasteiger partial charge is 0.458 e. The number of carbonyl (C=O) groups is 1. The molecule has 30 heavy (non-hydrogen) atoms. The van der Waals surface area contributed by atoms with E-state index < -0.39 is 0 Å². The molecule has 0 aliphatic rings. The number of carbonyl (C=O) groups excluding carboxylic acids is 1. The van der Waals surface area contributed by atoms with Crippen LogP contribution >= 0.6 is 0 Å². The van der Waals surface area contributed by atoms with Crippen LogP contribution in [0, 0.1) is 6.61 Å². The first-order chi connectivity index (χ1) is 14.7. The van der Waals surface area contributed by atoms with Crippen molar-refractivity contribution >= 4 is 5.97 Å². The van der Waals surface area contributed by atoms with Gasteiger partial charge in [-0.3, -0.25) is 4.79 Å². The van der Waals surface area contributed by atoms with E-state index in [0.717, 1.165) is 64.2 Å². The molecule has 0 saturated carbocycles. The van der Waals surface area contributed by atoms with Crippen molar-refractivity contribution in [3.63, 3.8) is 0 Å². The van der Waals surface area contributed by atoms with E-state index in [1.54, 1.807) is 6.61 Å². The van der Waals surface area contributed by atoms with Crippen molar-refractivity contribution in [2.75, 3.05) is 13.2 Å². The summed E-state index contributed by atoms with van der Waals surface area (Å²) in [7, 11) is 0. The topological polar surface area (TPSA) is 44.8 Å². The van der Waals surface area contributed by atoms with Gasteiger partial charge in [0.15, 0.2) is 6.29 Å². The maximum absolute atomic E-state index is 12.0. The summed E-state index contributed by atoms with van der Waals surface area (Å²) < 4.78 is 17.1. The van der Waals surface area contributed by atoms with Crippen LogP contribution in [0.2, 0.25) is 0 Å². The fourth-order valence-corrected chi connectivity index (χ4v) is 2.87. The van der Waals surface area contributed by atoms with Crippen LogP contribution in [0.3, 0.4) is 0 Å². The average molecular weight is 424 g/mol. The maximum atomic E-state index is 12.0. The van der Waals surface area contributed by atoms with Gasteiger partial charge in [-0.05, 0) is 64.2 Å². The molecule has 0 spiro atoms. The smallest absolute Gasteiger partial charge is 0.306 e. The number of rotatable bonds is 22. The first kappa shape index (κ1) is 28.9. The van der Waals surface area contributed by atoms with E-state index in [-0.39, 0.29) is 12.3 Å². The molecule has 175 valence electrons. The third-order valence-corrected chi connectivity index (χ3v) is 4.67. The van der Waals surface area contributed by atoms with Gasteiger partial charge in [0.05, 0.1) is 6.42 Å². The predicted molar refractivity (Wildman–Crippen MR) is 126 cm³/mol. The zero-order valence-corrected chi connectivity index (χ0v) is 19.9. The maximum Gasteiger partial charge on any atom is 0.306 e. The van der Waals surface area contributed by atoms with Gasteiger partial charge < -0.3 is 14.2 Å². The van der Waals surface area contributed by atoms with Crippen molar-refractivity contribution in [3.05, 3.63) is 30.9 Å². The Balaban J connectivity index is 4.07. The Labute approximate surface area is 186 Å². The number of hydrogen-bond donors (Lipinski definition) is 0. The van der Waals surface area contributed by atoms with Crippen LogP contribution in [0.1, 0.15) is 111 Å². The van der Waals surface area contributed by atoms with Crippen LogP contribution in [-0.2, 0) is 19.0 Å². The SMILES string of the molecule is CC/C=C\CCCCOC(CCC(=O)O[CH]CCCCC)OCCCC/C=C\CC. The standard InChI is InChI=1S/C26H47O4/c1-4-7-10-13-15-18-23-29-26(30-24-19-16-14-11-8-5-2)21-20-25(27)28-22-17-12-9-6-3/h7-8,10-11,22,26H,4-6,9,12-21,23-24H2,1-3H3/b10-7-,11-8-. The van der Waals surface area contributed by atoms with Gasteiger partial charge in [-0.15, -0.1) is 0 Å². The number of ether oxygens (including phenoxy) is 3. The van der Waals surface area contributed by atoms with Gasteiger partial charge in [-0.25, -0.2) is 0 Å². The fourth-order valence-electron chi connectivity index (χ4n) is 2.87. The molecule has 0 amide bonds. The van der Waals surface area contributed by atoms with Gasteiger partial charge in [-0.2, -0.15) is 0 Å². The molecular weight excluding hydrogens is 376 g/mol. The van der Waals surface area contributed by atoms with Crippen molar-refractivity contribution in [3.8, 4) is 0 Å². The molecule has 0 aromatic carbocycles. The lowest BCUT2D eigenvalue weighted by Crippen LogP contribution is -2.20. The van der Waals surface area contributed by atoms with Crippen LogP contribution in [-0.4, -0.2) is 25.5 Å². The summed E-state index contributed by atoms with van der Waals surface area (Å²) >= 11 is 0. The normalized spacial score (nSPS) is 11.9. The second kappa shape index (κ2) is 24.1. The summed E-state index contributed by atoms with van der Waals surface area (Å²) in [5.74, 6) is -0.196. The van der Waals surface area contributed by atoms with Gasteiger partial charge in [0.1, 0.15) is 6.61 Å². The Kier molecular flexibility index (Phi) is 23.2. The Morgan fingerprint density at radius 2 is 1.30 bits per heavy atom. The van der Waals surface area contributed by atoms with Gasteiger partial charge in [0, 0.05) is 19.6 Å². The molecule has 0 aliphatic carbocycles. The van der Waals surface area contributed by atoms with Crippen LogP contribution in [0.25, 0.3) is 0 Å². The molecule has 4 nitrogen and oxygen atoms in total. The third kappa shape index (κ3) is 21.6. The Morgan fingerprint density at radius 1 is 0.733 bits per heavy atom. The fraction of sp³-hybridized carbons (Fsp3) is 0.769. The monoisotopic (exact) mass is 423 g/mol. The summed E-state index contributed by atoms with van der Waals surface area (Å²) in [6.45, 7) is 9.44. The van der Waals surface area contributed by atoms with Gasteiger partial charge in [-0.1, -0.05) is 57.9 Å². The van der Waals surface area contributed by atoms with Crippen molar-refractivity contribution < 1.29 is 19.0 Å². The van der Waals surface area contributed by atoms with Gasteiger partial charge in [0.2, 0.25) is 0 Å². The highest BCUT2D eigenvalue weighted by Gasteiger charge is 2.13. The molecule has 0 aliphatic heterocycles. The molecule has 0 rings (SSSR count). The Hall–Kier alpha value is -1.13. The molecule has 0 N–H and O–H groups in total. The summed E-state index contributed by atoms with van der Waals surface area (Å²) in [5, 5.41) is 0. The molecule has 4 heteroatoms. The van der Waals surface area contributed by atoms with E-state index in [0.29, 0.717) is 26.1 Å². The summed E-state index contributed by atoms with van der Waals surface area (Å²) in [4.78, 5) is 12.0. The van der Waals surface area contributed by atoms with Crippen LogP contribution in [0.4, 0.5) is 0 Å². The van der Waals surface area contributed by atoms with Crippen LogP contribution < -0.4 is 0 Å². The number of esters is 1. The van der Waals surface area contributed by atoms with Crippen LogP contribution in [0.5, 0.6) is 0 Å².